The first kappa shape index (κ1) is 39.8. The number of carbonyl (C=O) groups excluding carboxylic acids is 5. The Hall–Kier alpha value is -4.02. The molecule has 0 bridgehead atoms. The second-order valence-corrected chi connectivity index (χ2v) is 13.8. The number of benzene rings is 2. The number of hydrazine groups is 1. The predicted octanol–water partition coefficient (Wildman–Crippen LogP) is 1.72. The van der Waals surface area contributed by atoms with E-state index in [2.05, 4.69) is 21.3 Å². The van der Waals surface area contributed by atoms with Gasteiger partial charge in [0.1, 0.15) is 6.04 Å². The third-order valence-electron chi connectivity index (χ3n) is 8.82. The average Bonchev–Trinajstić information content (AvgIpc) is 3.67. The van der Waals surface area contributed by atoms with Crippen LogP contribution in [0.25, 0.3) is 0 Å². The van der Waals surface area contributed by atoms with Gasteiger partial charge < -0.3 is 36.5 Å². The number of ketones is 1. The minimum atomic E-state index is -0.749. The van der Waals surface area contributed by atoms with Gasteiger partial charge in [-0.15, -0.1) is 0 Å². The summed E-state index contributed by atoms with van der Waals surface area (Å²) in [5, 5.41) is 13.1. The standard InChI is InChI=1S/C36H51N7O7S/c37-17-7-6-10-28(41-34(46)27-15-13-26(14-16-27)33(45)25-8-2-1-3-9-25)35(47)40-19-21-50-23-22-49-20-18-39-31(44)12-5-4-11-30-32-29(24-51-30)43(38)36(48)42-32/h1-3,8-9,13-16,28-30,32H,4-7,10-12,17-24,37-38H2,(H,39,44)(H,40,47)(H,41,46)(H,42,48)/t28-,29-,30-,32-/m0/s1. The normalized spacial score (nSPS) is 18.5. The van der Waals surface area contributed by atoms with Crippen molar-refractivity contribution in [2.45, 2.75) is 68.3 Å². The van der Waals surface area contributed by atoms with Crippen molar-refractivity contribution in [1.29, 1.82) is 0 Å². The van der Waals surface area contributed by atoms with Crippen LogP contribution in [0.4, 0.5) is 4.79 Å². The van der Waals surface area contributed by atoms with Gasteiger partial charge in [0.25, 0.3) is 5.91 Å². The Labute approximate surface area is 303 Å². The van der Waals surface area contributed by atoms with Crippen molar-refractivity contribution in [2.75, 3.05) is 51.8 Å². The van der Waals surface area contributed by atoms with Gasteiger partial charge in [0.15, 0.2) is 5.78 Å². The van der Waals surface area contributed by atoms with Crippen molar-refractivity contribution in [3.8, 4) is 0 Å². The maximum Gasteiger partial charge on any atom is 0.332 e. The van der Waals surface area contributed by atoms with Crippen LogP contribution in [0.1, 0.15) is 71.2 Å². The fraction of sp³-hybridized carbons (Fsp3) is 0.528. The van der Waals surface area contributed by atoms with Crippen molar-refractivity contribution < 1.29 is 33.4 Å². The molecule has 0 spiro atoms. The second kappa shape index (κ2) is 21.4. The number of carbonyl (C=O) groups is 5. The summed E-state index contributed by atoms with van der Waals surface area (Å²) in [6, 6.07) is 14.4. The quantitative estimate of drug-likeness (QED) is 0.0322. The van der Waals surface area contributed by atoms with Crippen molar-refractivity contribution in [2.24, 2.45) is 11.6 Å². The Morgan fingerprint density at radius 3 is 2.24 bits per heavy atom. The molecule has 0 unspecified atom stereocenters. The predicted molar refractivity (Wildman–Crippen MR) is 195 cm³/mol. The monoisotopic (exact) mass is 725 g/mol. The van der Waals surface area contributed by atoms with Gasteiger partial charge >= 0.3 is 6.03 Å². The lowest BCUT2D eigenvalue weighted by Crippen LogP contribution is -2.47. The van der Waals surface area contributed by atoms with E-state index in [4.69, 9.17) is 21.1 Å². The second-order valence-electron chi connectivity index (χ2n) is 12.5. The summed E-state index contributed by atoms with van der Waals surface area (Å²) in [7, 11) is 0. The highest BCUT2D eigenvalue weighted by atomic mass is 32.2. The maximum atomic E-state index is 13.0. The molecule has 14 nitrogen and oxygen atoms in total. The maximum absolute atomic E-state index is 13.0. The Kier molecular flexibility index (Phi) is 16.7. The van der Waals surface area contributed by atoms with E-state index in [-0.39, 0.29) is 48.9 Å². The first-order valence-corrected chi connectivity index (χ1v) is 18.7. The first-order valence-electron chi connectivity index (χ1n) is 17.6. The van der Waals surface area contributed by atoms with Gasteiger partial charge in [0, 0.05) is 47.2 Å². The number of rotatable bonds is 23. The first-order chi connectivity index (χ1) is 24.8. The lowest BCUT2D eigenvalue weighted by Gasteiger charge is -2.19. The molecule has 8 N–H and O–H groups in total. The third-order valence-corrected chi connectivity index (χ3v) is 10.3. The van der Waals surface area contributed by atoms with Crippen molar-refractivity contribution in [1.82, 2.24) is 26.3 Å². The molecule has 2 aromatic carbocycles. The number of hydrogen-bond acceptors (Lipinski definition) is 10. The summed E-state index contributed by atoms with van der Waals surface area (Å²) in [5.41, 5.74) is 7.00. The Morgan fingerprint density at radius 1 is 0.863 bits per heavy atom. The van der Waals surface area contributed by atoms with Crippen molar-refractivity contribution in [3.05, 3.63) is 71.3 Å². The zero-order valence-corrected chi connectivity index (χ0v) is 29.8. The van der Waals surface area contributed by atoms with E-state index in [1.54, 1.807) is 48.5 Å². The van der Waals surface area contributed by atoms with E-state index in [0.717, 1.165) is 31.4 Å². The topological polar surface area (TPSA) is 207 Å². The molecule has 2 aliphatic rings. The minimum Gasteiger partial charge on any atom is -0.377 e. The number of nitrogens with zero attached hydrogens (tertiary/aromatic N) is 1. The molecule has 2 aliphatic heterocycles. The fourth-order valence-corrected chi connectivity index (χ4v) is 7.56. The highest BCUT2D eigenvalue weighted by molar-refractivity contribution is 8.00. The summed E-state index contributed by atoms with van der Waals surface area (Å²) in [4.78, 5) is 62.5. The van der Waals surface area contributed by atoms with E-state index >= 15 is 0 Å². The van der Waals surface area contributed by atoms with Gasteiger partial charge in [-0.1, -0.05) is 48.9 Å². The third kappa shape index (κ3) is 12.6. The van der Waals surface area contributed by atoms with Gasteiger partial charge in [-0.05, 0) is 50.8 Å². The number of ether oxygens (including phenoxy) is 2. The van der Waals surface area contributed by atoms with Crippen LogP contribution in [-0.2, 0) is 19.1 Å². The zero-order chi connectivity index (χ0) is 36.4. The Bertz CT molecular complexity index is 1430. The number of amides is 5. The highest BCUT2D eigenvalue weighted by Crippen LogP contribution is 2.35. The summed E-state index contributed by atoms with van der Waals surface area (Å²) < 4.78 is 11.1. The smallest absolute Gasteiger partial charge is 0.332 e. The number of unbranched alkanes of at least 4 members (excludes halogenated alkanes) is 2. The van der Waals surface area contributed by atoms with Gasteiger partial charge in [0.05, 0.1) is 38.5 Å². The van der Waals surface area contributed by atoms with Crippen LogP contribution in [0.15, 0.2) is 54.6 Å². The van der Waals surface area contributed by atoms with Gasteiger partial charge in [-0.3, -0.25) is 24.2 Å². The van der Waals surface area contributed by atoms with E-state index in [0.29, 0.717) is 74.1 Å². The van der Waals surface area contributed by atoms with E-state index in [9.17, 15) is 24.0 Å². The van der Waals surface area contributed by atoms with Crippen LogP contribution in [0.5, 0.6) is 0 Å². The highest BCUT2D eigenvalue weighted by Gasteiger charge is 2.46. The van der Waals surface area contributed by atoms with Crippen LogP contribution in [0.2, 0.25) is 0 Å². The molecule has 278 valence electrons. The largest absolute Gasteiger partial charge is 0.377 e. The number of hydrogen-bond donors (Lipinski definition) is 6. The number of nitrogens with two attached hydrogens (primary N) is 2. The van der Waals surface area contributed by atoms with Crippen LogP contribution in [-0.4, -0.2) is 110 Å². The van der Waals surface area contributed by atoms with Crippen LogP contribution in [0.3, 0.4) is 0 Å². The minimum absolute atomic E-state index is 0.0180. The van der Waals surface area contributed by atoms with Crippen LogP contribution < -0.4 is 32.8 Å². The van der Waals surface area contributed by atoms with E-state index in [1.165, 1.54) is 5.01 Å². The summed E-state index contributed by atoms with van der Waals surface area (Å²) in [5.74, 6) is 5.77. The van der Waals surface area contributed by atoms with E-state index in [1.807, 2.05) is 17.8 Å². The molecular weight excluding hydrogens is 675 g/mol. The number of fused-ring (bicyclic) bond motifs is 1. The summed E-state index contributed by atoms with van der Waals surface area (Å²) in [6.07, 6.45) is 4.88. The molecular formula is C36H51N7O7S. The molecule has 4 rings (SSSR count). The van der Waals surface area contributed by atoms with Crippen molar-refractivity contribution in [3.63, 3.8) is 0 Å². The summed E-state index contributed by atoms with van der Waals surface area (Å²) in [6.45, 7) is 2.45. The number of urea groups is 1. The molecule has 0 aromatic heterocycles. The molecule has 5 amide bonds. The number of thioether (sulfide) groups is 1. The molecule has 15 heteroatoms. The Morgan fingerprint density at radius 2 is 1.53 bits per heavy atom. The zero-order valence-electron chi connectivity index (χ0n) is 29.0. The van der Waals surface area contributed by atoms with Gasteiger partial charge in [-0.25, -0.2) is 10.6 Å². The molecule has 4 atom stereocenters. The SMILES string of the molecule is NCCCC[C@H](NC(=O)c1ccc(C(=O)c2ccccc2)cc1)C(=O)NCCOCCOCCNC(=O)CCCC[C@@H]1SC[C@H]2[C@@H]1NC(=O)N2N. The molecule has 0 saturated carbocycles. The Balaban J connectivity index is 1.03. The molecule has 2 heterocycles. The lowest BCUT2D eigenvalue weighted by atomic mass is 10.0. The van der Waals surface area contributed by atoms with Crippen LogP contribution in [0, 0.1) is 0 Å². The lowest BCUT2D eigenvalue weighted by molar-refractivity contribution is -0.123. The fourth-order valence-electron chi connectivity index (χ4n) is 5.96. The molecule has 2 aromatic rings. The molecule has 0 radical (unpaired) electrons. The van der Waals surface area contributed by atoms with Gasteiger partial charge in [-0.2, -0.15) is 11.8 Å². The molecule has 2 fully saturated rings. The average molecular weight is 726 g/mol. The van der Waals surface area contributed by atoms with E-state index < -0.39 is 11.9 Å². The van der Waals surface area contributed by atoms with Crippen LogP contribution >= 0.6 is 11.8 Å². The number of nitrogens with one attached hydrogen (secondary N) is 4. The summed E-state index contributed by atoms with van der Waals surface area (Å²) >= 11 is 1.83. The molecule has 51 heavy (non-hydrogen) atoms. The van der Waals surface area contributed by atoms with Crippen molar-refractivity contribution >= 4 is 41.3 Å². The molecule has 2 saturated heterocycles. The van der Waals surface area contributed by atoms with Gasteiger partial charge in [0.2, 0.25) is 11.8 Å². The molecule has 0 aliphatic carbocycles.